The molecule has 20 heavy (non-hydrogen) atoms. The van der Waals surface area contributed by atoms with E-state index in [0.29, 0.717) is 29.5 Å². The predicted octanol–water partition coefficient (Wildman–Crippen LogP) is 3.04. The Balaban J connectivity index is 1.59. The van der Waals surface area contributed by atoms with Gasteiger partial charge in [0.25, 0.3) is 0 Å². The number of hydrogen-bond acceptors (Lipinski definition) is 3. The molecule has 0 unspecified atom stereocenters. The van der Waals surface area contributed by atoms with E-state index in [9.17, 15) is 0 Å². The molecule has 7 atom stereocenters. The smallest absolute Gasteiger partial charge is 0.163 e. The van der Waals surface area contributed by atoms with E-state index in [-0.39, 0.29) is 12.2 Å². The molecule has 3 heteroatoms. The lowest BCUT2D eigenvalue weighted by molar-refractivity contribution is -0.158. The summed E-state index contributed by atoms with van der Waals surface area (Å²) in [7, 11) is 0. The summed E-state index contributed by atoms with van der Waals surface area (Å²) in [5.41, 5.74) is 0.363. The average Bonchev–Trinajstić information content (AvgIpc) is 3.00. The van der Waals surface area contributed by atoms with Crippen molar-refractivity contribution < 1.29 is 14.2 Å². The van der Waals surface area contributed by atoms with Crippen molar-refractivity contribution in [3.8, 4) is 0 Å². The zero-order chi connectivity index (χ0) is 13.5. The lowest BCUT2D eigenvalue weighted by Gasteiger charge is -2.37. The monoisotopic (exact) mass is 276 g/mol. The summed E-state index contributed by atoms with van der Waals surface area (Å²) in [5.74, 6) is 0.876. The van der Waals surface area contributed by atoms with Gasteiger partial charge in [0.2, 0.25) is 0 Å². The highest BCUT2D eigenvalue weighted by atomic mass is 16.8. The van der Waals surface area contributed by atoms with E-state index in [1.807, 2.05) is 0 Å². The fourth-order valence-corrected chi connectivity index (χ4v) is 5.74. The molecule has 5 aliphatic rings. The van der Waals surface area contributed by atoms with Crippen molar-refractivity contribution in [1.82, 2.24) is 0 Å². The Hall–Kier alpha value is -0.380. The van der Waals surface area contributed by atoms with Crippen LogP contribution in [0, 0.1) is 17.3 Å². The van der Waals surface area contributed by atoms with E-state index >= 15 is 0 Å². The molecule has 3 aliphatic carbocycles. The first-order chi connectivity index (χ1) is 9.57. The van der Waals surface area contributed by atoms with Crippen LogP contribution >= 0.6 is 0 Å². The highest BCUT2D eigenvalue weighted by Crippen LogP contribution is 2.63. The quantitative estimate of drug-likeness (QED) is 0.503. The standard InChI is InChI=1S/C17H24O3/c1-16(2)19-13-8-10-5-6-12-15(18-12)17(9-10)7-3-4-11(17)14(13)20-16/h5-6,10-15H,3-4,7-9H2,1-2H3/t10-,11+,12+,13-,14+,15+,17-/m0/s1. The van der Waals surface area contributed by atoms with E-state index < -0.39 is 5.79 Å². The van der Waals surface area contributed by atoms with Gasteiger partial charge in [-0.25, -0.2) is 0 Å². The van der Waals surface area contributed by atoms with Crippen LogP contribution in [-0.4, -0.2) is 30.2 Å². The van der Waals surface area contributed by atoms with Crippen LogP contribution < -0.4 is 0 Å². The number of epoxide rings is 1. The fraction of sp³-hybridized carbons (Fsp3) is 0.882. The Morgan fingerprint density at radius 1 is 1.15 bits per heavy atom. The van der Waals surface area contributed by atoms with Crippen LogP contribution in [0.2, 0.25) is 0 Å². The summed E-state index contributed by atoms with van der Waals surface area (Å²) in [6, 6.07) is 0. The summed E-state index contributed by atoms with van der Waals surface area (Å²) >= 11 is 0. The summed E-state index contributed by atoms with van der Waals surface area (Å²) in [4.78, 5) is 0. The van der Waals surface area contributed by atoms with Crippen molar-refractivity contribution in [2.45, 2.75) is 76.2 Å². The molecule has 2 bridgehead atoms. The molecule has 3 nitrogen and oxygen atoms in total. The number of ether oxygens (including phenoxy) is 3. The zero-order valence-corrected chi connectivity index (χ0v) is 12.4. The third kappa shape index (κ3) is 1.52. The molecule has 0 amide bonds. The molecule has 5 rings (SSSR count). The topological polar surface area (TPSA) is 31.0 Å². The lowest BCUT2D eigenvalue weighted by atomic mass is 9.69. The fourth-order valence-electron chi connectivity index (χ4n) is 5.74. The van der Waals surface area contributed by atoms with E-state index in [2.05, 4.69) is 26.0 Å². The maximum atomic E-state index is 6.36. The van der Waals surface area contributed by atoms with Gasteiger partial charge in [-0.3, -0.25) is 0 Å². The normalized spacial score (nSPS) is 58.3. The molecule has 0 radical (unpaired) electrons. The molecule has 2 aliphatic heterocycles. The SMILES string of the molecule is CC1(C)O[C@H]2[C@H](C[C@@H]3C=C[C@H]4O[C@H]4[C@@]4(CCC[C@H]24)C3)O1. The van der Waals surface area contributed by atoms with E-state index in [4.69, 9.17) is 14.2 Å². The zero-order valence-electron chi connectivity index (χ0n) is 12.4. The molecule has 2 saturated heterocycles. The molecule has 2 saturated carbocycles. The molecule has 0 N–H and O–H groups in total. The first-order valence-corrected chi connectivity index (χ1v) is 8.27. The van der Waals surface area contributed by atoms with Gasteiger partial charge in [-0.05, 0) is 51.4 Å². The molecule has 0 aromatic carbocycles. The average molecular weight is 276 g/mol. The van der Waals surface area contributed by atoms with E-state index in [0.717, 1.165) is 6.42 Å². The van der Waals surface area contributed by atoms with Crippen molar-refractivity contribution in [2.24, 2.45) is 17.3 Å². The van der Waals surface area contributed by atoms with Gasteiger partial charge in [-0.15, -0.1) is 0 Å². The molecular formula is C17H24O3. The maximum Gasteiger partial charge on any atom is 0.163 e. The Morgan fingerprint density at radius 3 is 2.95 bits per heavy atom. The Morgan fingerprint density at radius 2 is 2.05 bits per heavy atom. The molecule has 0 aromatic heterocycles. The van der Waals surface area contributed by atoms with Crippen molar-refractivity contribution in [3.05, 3.63) is 12.2 Å². The lowest BCUT2D eigenvalue weighted by Crippen LogP contribution is -2.41. The second kappa shape index (κ2) is 3.68. The van der Waals surface area contributed by atoms with Crippen molar-refractivity contribution in [3.63, 3.8) is 0 Å². The van der Waals surface area contributed by atoms with Crippen LogP contribution in [0.3, 0.4) is 0 Å². The molecule has 1 spiro atoms. The van der Waals surface area contributed by atoms with Crippen LogP contribution in [0.5, 0.6) is 0 Å². The van der Waals surface area contributed by atoms with Crippen LogP contribution in [0.25, 0.3) is 0 Å². The van der Waals surface area contributed by atoms with E-state index in [1.54, 1.807) is 0 Å². The van der Waals surface area contributed by atoms with Gasteiger partial charge in [0.1, 0.15) is 6.10 Å². The van der Waals surface area contributed by atoms with Crippen LogP contribution in [-0.2, 0) is 14.2 Å². The van der Waals surface area contributed by atoms with Crippen LogP contribution in [0.1, 0.15) is 46.0 Å². The van der Waals surface area contributed by atoms with Gasteiger partial charge in [-0.2, -0.15) is 0 Å². The van der Waals surface area contributed by atoms with Gasteiger partial charge in [-0.1, -0.05) is 18.6 Å². The second-order valence-corrected chi connectivity index (χ2v) is 7.98. The predicted molar refractivity (Wildman–Crippen MR) is 74.1 cm³/mol. The first-order valence-electron chi connectivity index (χ1n) is 8.27. The highest BCUT2D eigenvalue weighted by Gasteiger charge is 2.65. The number of allylic oxidation sites excluding steroid dienone is 1. The minimum absolute atomic E-state index is 0.278. The summed E-state index contributed by atoms with van der Waals surface area (Å²) in [6.07, 6.45) is 12.5. The minimum Gasteiger partial charge on any atom is -0.365 e. The Labute approximate surface area is 120 Å². The van der Waals surface area contributed by atoms with Gasteiger partial charge >= 0.3 is 0 Å². The van der Waals surface area contributed by atoms with Gasteiger partial charge in [0.15, 0.2) is 5.79 Å². The second-order valence-electron chi connectivity index (χ2n) is 7.98. The summed E-state index contributed by atoms with van der Waals surface area (Å²) in [5, 5.41) is 0. The van der Waals surface area contributed by atoms with Gasteiger partial charge in [0, 0.05) is 5.41 Å². The highest BCUT2D eigenvalue weighted by molar-refractivity contribution is 5.21. The number of fused-ring (bicyclic) bond motifs is 4. The summed E-state index contributed by atoms with van der Waals surface area (Å²) < 4.78 is 18.6. The molecule has 0 aromatic rings. The van der Waals surface area contributed by atoms with Crippen molar-refractivity contribution in [1.29, 1.82) is 0 Å². The molecular weight excluding hydrogens is 252 g/mol. The Kier molecular flexibility index (Phi) is 2.25. The minimum atomic E-state index is -0.410. The molecule has 2 heterocycles. The summed E-state index contributed by atoms with van der Waals surface area (Å²) in [6.45, 7) is 4.14. The maximum absolute atomic E-state index is 6.36. The largest absolute Gasteiger partial charge is 0.365 e. The Bertz CT molecular complexity index is 471. The van der Waals surface area contributed by atoms with E-state index in [1.165, 1.54) is 25.7 Å². The van der Waals surface area contributed by atoms with Crippen molar-refractivity contribution >= 4 is 0 Å². The molecule has 110 valence electrons. The first kappa shape index (κ1) is 12.2. The van der Waals surface area contributed by atoms with Crippen molar-refractivity contribution in [2.75, 3.05) is 0 Å². The third-order valence-electron chi connectivity index (χ3n) is 6.36. The molecule has 4 fully saturated rings. The third-order valence-corrected chi connectivity index (χ3v) is 6.36. The van der Waals surface area contributed by atoms with Gasteiger partial charge < -0.3 is 14.2 Å². The number of rotatable bonds is 0. The number of hydrogen-bond donors (Lipinski definition) is 0. The van der Waals surface area contributed by atoms with Crippen LogP contribution in [0.15, 0.2) is 12.2 Å². The van der Waals surface area contributed by atoms with Crippen LogP contribution in [0.4, 0.5) is 0 Å². The van der Waals surface area contributed by atoms with Gasteiger partial charge in [0.05, 0.1) is 18.3 Å².